The second kappa shape index (κ2) is 11.7. The van der Waals surface area contributed by atoms with Gasteiger partial charge < -0.3 is 15.0 Å². The molecule has 2 rings (SSSR count). The number of carbonyl (C=O) groups excluding carboxylic acids is 1. The minimum atomic E-state index is -0.0552. The topological polar surface area (TPSA) is 57.2 Å². The Morgan fingerprint density at radius 1 is 1.32 bits per heavy atom. The summed E-state index contributed by atoms with van der Waals surface area (Å²) in [6.45, 7) is 8.09. The third kappa shape index (κ3) is 6.82. The number of ether oxygens (including phenoxy) is 1. The lowest BCUT2D eigenvalue weighted by molar-refractivity contribution is -0.149. The second-order valence-electron chi connectivity index (χ2n) is 7.53. The molecule has 0 aliphatic carbocycles. The van der Waals surface area contributed by atoms with Gasteiger partial charge in [0.2, 0.25) is 0 Å². The summed E-state index contributed by atoms with van der Waals surface area (Å²) in [5.74, 6) is 0.904. The van der Waals surface area contributed by atoms with Crippen molar-refractivity contribution in [2.24, 2.45) is 10.9 Å². The van der Waals surface area contributed by atoms with Gasteiger partial charge in [0.05, 0.1) is 12.5 Å². The van der Waals surface area contributed by atoms with Crippen LogP contribution in [0.4, 0.5) is 0 Å². The summed E-state index contributed by atoms with van der Waals surface area (Å²) in [5, 5.41) is 3.49. The Hall–Kier alpha value is -2.08. The van der Waals surface area contributed by atoms with Crippen molar-refractivity contribution >= 4 is 11.9 Å². The van der Waals surface area contributed by atoms with E-state index in [1.165, 1.54) is 5.56 Å². The molecule has 1 aliphatic heterocycles. The smallest absolute Gasteiger partial charge is 0.309 e. The van der Waals surface area contributed by atoms with Crippen molar-refractivity contribution in [3.63, 3.8) is 0 Å². The molecule has 1 saturated heterocycles. The van der Waals surface area contributed by atoms with Gasteiger partial charge in [-0.3, -0.25) is 14.7 Å². The standard InChI is InChI=1S/C22H36N4O2/c1-5-28-21(27)20-12-15-26(16-13-20)22(23-3)24-14-11-18(2)25(4)17-19-9-7-6-8-10-19/h6-10,18,20H,5,11-17H2,1-4H3,(H,23,24). The third-order valence-electron chi connectivity index (χ3n) is 5.50. The molecule has 0 saturated carbocycles. The third-order valence-corrected chi connectivity index (χ3v) is 5.50. The highest BCUT2D eigenvalue weighted by molar-refractivity contribution is 5.80. The molecule has 1 aromatic carbocycles. The van der Waals surface area contributed by atoms with Gasteiger partial charge in [-0.2, -0.15) is 0 Å². The molecule has 6 heteroatoms. The first-order chi connectivity index (χ1) is 13.5. The van der Waals surface area contributed by atoms with Crippen molar-refractivity contribution in [1.82, 2.24) is 15.1 Å². The van der Waals surface area contributed by atoms with Crippen molar-refractivity contribution in [1.29, 1.82) is 0 Å². The van der Waals surface area contributed by atoms with E-state index >= 15 is 0 Å². The summed E-state index contributed by atoms with van der Waals surface area (Å²) in [6.07, 6.45) is 2.70. The van der Waals surface area contributed by atoms with E-state index in [-0.39, 0.29) is 11.9 Å². The summed E-state index contributed by atoms with van der Waals surface area (Å²) in [5.41, 5.74) is 1.34. The first kappa shape index (κ1) is 22.2. The molecule has 0 radical (unpaired) electrons. The molecular weight excluding hydrogens is 352 g/mol. The lowest BCUT2D eigenvalue weighted by atomic mass is 9.97. The number of piperidine rings is 1. The normalized spacial score (nSPS) is 16.9. The Bertz CT molecular complexity index is 612. The van der Waals surface area contributed by atoms with Crippen molar-refractivity contribution in [3.8, 4) is 0 Å². The average molecular weight is 389 g/mol. The van der Waals surface area contributed by atoms with E-state index in [0.29, 0.717) is 12.6 Å². The van der Waals surface area contributed by atoms with Gasteiger partial charge in [0.15, 0.2) is 5.96 Å². The second-order valence-corrected chi connectivity index (χ2v) is 7.53. The van der Waals surface area contributed by atoms with E-state index in [4.69, 9.17) is 4.74 Å². The number of hydrogen-bond acceptors (Lipinski definition) is 4. The fourth-order valence-electron chi connectivity index (χ4n) is 3.56. The molecule has 6 nitrogen and oxygen atoms in total. The highest BCUT2D eigenvalue weighted by Crippen LogP contribution is 2.18. The lowest BCUT2D eigenvalue weighted by Crippen LogP contribution is -2.47. The summed E-state index contributed by atoms with van der Waals surface area (Å²) in [7, 11) is 4.00. The average Bonchev–Trinajstić information content (AvgIpc) is 2.72. The number of rotatable bonds is 8. The molecular formula is C22H36N4O2. The minimum absolute atomic E-state index is 0.0287. The fourth-order valence-corrected chi connectivity index (χ4v) is 3.56. The largest absolute Gasteiger partial charge is 0.466 e. The van der Waals surface area contributed by atoms with Crippen LogP contribution in [0.5, 0.6) is 0 Å². The SMILES string of the molecule is CCOC(=O)C1CCN(C(=NC)NCCC(C)N(C)Cc2ccccc2)CC1. The number of nitrogens with zero attached hydrogens (tertiary/aromatic N) is 3. The zero-order valence-electron chi connectivity index (χ0n) is 17.9. The van der Waals surface area contributed by atoms with Gasteiger partial charge in [0, 0.05) is 39.3 Å². The van der Waals surface area contributed by atoms with Gasteiger partial charge in [0.25, 0.3) is 0 Å². The summed E-state index contributed by atoms with van der Waals surface area (Å²) < 4.78 is 5.15. The van der Waals surface area contributed by atoms with Gasteiger partial charge in [0.1, 0.15) is 0 Å². The predicted octanol–water partition coefficient (Wildman–Crippen LogP) is 2.75. The molecule has 0 spiro atoms. The molecule has 1 aliphatic rings. The van der Waals surface area contributed by atoms with Crippen molar-refractivity contribution in [3.05, 3.63) is 35.9 Å². The van der Waals surface area contributed by atoms with Crippen molar-refractivity contribution < 1.29 is 9.53 Å². The van der Waals surface area contributed by atoms with E-state index in [0.717, 1.165) is 51.4 Å². The number of benzene rings is 1. The first-order valence-electron chi connectivity index (χ1n) is 10.4. The van der Waals surface area contributed by atoms with Gasteiger partial charge in [-0.15, -0.1) is 0 Å². The molecule has 1 N–H and O–H groups in total. The van der Waals surface area contributed by atoms with Gasteiger partial charge in [-0.25, -0.2) is 0 Å². The van der Waals surface area contributed by atoms with Crippen molar-refractivity contribution in [2.45, 2.75) is 45.7 Å². The first-order valence-corrected chi connectivity index (χ1v) is 10.4. The molecule has 1 heterocycles. The maximum absolute atomic E-state index is 11.9. The van der Waals surface area contributed by atoms with Crippen LogP contribution in [0.25, 0.3) is 0 Å². The number of likely N-dealkylation sites (tertiary alicyclic amines) is 1. The van der Waals surface area contributed by atoms with E-state index in [1.54, 1.807) is 0 Å². The van der Waals surface area contributed by atoms with E-state index < -0.39 is 0 Å². The Labute approximate surface area is 170 Å². The fraction of sp³-hybridized carbons (Fsp3) is 0.636. The summed E-state index contributed by atoms with van der Waals surface area (Å²) in [4.78, 5) is 20.9. The Kier molecular flexibility index (Phi) is 9.28. The summed E-state index contributed by atoms with van der Waals surface area (Å²) >= 11 is 0. The summed E-state index contributed by atoms with van der Waals surface area (Å²) in [6, 6.07) is 11.0. The quantitative estimate of drug-likeness (QED) is 0.422. The Morgan fingerprint density at radius 3 is 2.61 bits per heavy atom. The maximum Gasteiger partial charge on any atom is 0.309 e. The number of aliphatic imine (C=N–C) groups is 1. The maximum atomic E-state index is 11.9. The molecule has 1 fully saturated rings. The van der Waals surface area contributed by atoms with E-state index in [9.17, 15) is 4.79 Å². The monoisotopic (exact) mass is 388 g/mol. The molecule has 0 amide bonds. The molecule has 1 atom stereocenters. The van der Waals surface area contributed by atoms with Crippen LogP contribution in [0, 0.1) is 5.92 Å². The zero-order valence-corrected chi connectivity index (χ0v) is 17.9. The minimum Gasteiger partial charge on any atom is -0.466 e. The zero-order chi connectivity index (χ0) is 20.4. The van der Waals surface area contributed by atoms with Gasteiger partial charge in [-0.05, 0) is 45.7 Å². The lowest BCUT2D eigenvalue weighted by Gasteiger charge is -2.33. The highest BCUT2D eigenvalue weighted by atomic mass is 16.5. The number of guanidine groups is 1. The van der Waals surface area contributed by atoms with Crippen LogP contribution < -0.4 is 5.32 Å². The van der Waals surface area contributed by atoms with Crippen LogP contribution >= 0.6 is 0 Å². The molecule has 156 valence electrons. The van der Waals surface area contributed by atoms with Crippen molar-refractivity contribution in [2.75, 3.05) is 40.3 Å². The number of carbonyl (C=O) groups is 1. The van der Waals surface area contributed by atoms with Crippen LogP contribution in [0.2, 0.25) is 0 Å². The molecule has 0 bridgehead atoms. The predicted molar refractivity (Wildman–Crippen MR) is 114 cm³/mol. The van der Waals surface area contributed by atoms with Crippen LogP contribution in [0.1, 0.15) is 38.7 Å². The molecule has 28 heavy (non-hydrogen) atoms. The number of nitrogens with one attached hydrogen (secondary N) is 1. The molecule has 1 aromatic rings. The van der Waals surface area contributed by atoms with Gasteiger partial charge in [-0.1, -0.05) is 30.3 Å². The van der Waals surface area contributed by atoms with Crippen LogP contribution in [0.15, 0.2) is 35.3 Å². The van der Waals surface area contributed by atoms with Gasteiger partial charge >= 0.3 is 5.97 Å². The van der Waals surface area contributed by atoms with Crippen LogP contribution in [-0.2, 0) is 16.1 Å². The van der Waals surface area contributed by atoms with Crippen LogP contribution in [0.3, 0.4) is 0 Å². The number of hydrogen-bond donors (Lipinski definition) is 1. The van der Waals surface area contributed by atoms with Crippen LogP contribution in [-0.4, -0.2) is 68.1 Å². The molecule has 0 aromatic heterocycles. The molecule has 1 unspecified atom stereocenters. The van der Waals surface area contributed by atoms with E-state index in [2.05, 4.69) is 64.4 Å². The Morgan fingerprint density at radius 2 is 2.00 bits per heavy atom. The van der Waals surface area contributed by atoms with E-state index in [1.807, 2.05) is 14.0 Å². The number of esters is 1. The Balaban J connectivity index is 1.71. The highest BCUT2D eigenvalue weighted by Gasteiger charge is 2.27.